The number of aromatic hydroxyl groups is 1. The molecular formula is C23H31NO7. The first-order valence-corrected chi connectivity index (χ1v) is 10.7. The Morgan fingerprint density at radius 3 is 2.45 bits per heavy atom. The molecule has 1 saturated carbocycles. The fraction of sp³-hybridized carbons (Fsp3) is 0.565. The molecule has 3 aliphatic rings. The SMILES string of the molecule is C=CCN1CC[C@]23CCCC[C@H]2[C@H]1Cc1ccc(O)cc13.O=C(O)C(O)C(O)C(=O)O. The zero-order valence-corrected chi connectivity index (χ0v) is 17.5. The van der Waals surface area contributed by atoms with Crippen LogP contribution in [0.1, 0.15) is 43.2 Å². The van der Waals surface area contributed by atoms with Gasteiger partial charge in [-0.1, -0.05) is 25.0 Å². The van der Waals surface area contributed by atoms with Crippen LogP contribution in [0.4, 0.5) is 0 Å². The van der Waals surface area contributed by atoms with Crippen LogP contribution in [0.3, 0.4) is 0 Å². The van der Waals surface area contributed by atoms with Crippen molar-refractivity contribution in [1.82, 2.24) is 4.90 Å². The first-order chi connectivity index (χ1) is 14.7. The molecule has 1 aromatic carbocycles. The Bertz CT molecular complexity index is 823. The van der Waals surface area contributed by atoms with Crippen LogP contribution in [-0.2, 0) is 21.4 Å². The molecule has 8 nitrogen and oxygen atoms in total. The number of carbonyl (C=O) groups is 2. The largest absolute Gasteiger partial charge is 0.508 e. The van der Waals surface area contributed by atoms with Crippen LogP contribution in [0.25, 0.3) is 0 Å². The third kappa shape index (κ3) is 4.46. The number of carboxylic acids is 2. The number of aliphatic carboxylic acids is 2. The van der Waals surface area contributed by atoms with E-state index in [0.717, 1.165) is 18.9 Å². The second kappa shape index (κ2) is 9.38. The molecule has 1 aliphatic heterocycles. The highest BCUT2D eigenvalue weighted by atomic mass is 16.4. The van der Waals surface area contributed by atoms with Crippen LogP contribution in [0.15, 0.2) is 30.9 Å². The number of hydrogen-bond acceptors (Lipinski definition) is 6. The molecule has 31 heavy (non-hydrogen) atoms. The van der Waals surface area contributed by atoms with E-state index >= 15 is 0 Å². The van der Waals surface area contributed by atoms with Gasteiger partial charge >= 0.3 is 11.9 Å². The van der Waals surface area contributed by atoms with Gasteiger partial charge in [0.05, 0.1) is 0 Å². The van der Waals surface area contributed by atoms with Gasteiger partial charge in [-0.15, -0.1) is 6.58 Å². The molecule has 4 rings (SSSR count). The van der Waals surface area contributed by atoms with E-state index in [2.05, 4.69) is 29.7 Å². The topological polar surface area (TPSA) is 139 Å². The number of rotatable bonds is 5. The monoisotopic (exact) mass is 433 g/mol. The van der Waals surface area contributed by atoms with Crippen molar-refractivity contribution in [3.63, 3.8) is 0 Å². The minimum Gasteiger partial charge on any atom is -0.508 e. The summed E-state index contributed by atoms with van der Waals surface area (Å²) in [5.41, 5.74) is 3.29. The van der Waals surface area contributed by atoms with Crippen molar-refractivity contribution in [2.24, 2.45) is 5.92 Å². The molecule has 8 heteroatoms. The van der Waals surface area contributed by atoms with Crippen LogP contribution in [-0.4, -0.2) is 73.7 Å². The summed E-state index contributed by atoms with van der Waals surface area (Å²) < 4.78 is 0. The molecule has 5 N–H and O–H groups in total. The molecule has 0 radical (unpaired) electrons. The third-order valence-corrected chi connectivity index (χ3v) is 7.10. The molecular weight excluding hydrogens is 402 g/mol. The highest BCUT2D eigenvalue weighted by Gasteiger charge is 2.53. The van der Waals surface area contributed by atoms with E-state index in [4.69, 9.17) is 20.4 Å². The average Bonchev–Trinajstić information content (AvgIpc) is 2.75. The number of carboxylic acid groups (broad SMARTS) is 2. The lowest BCUT2D eigenvalue weighted by molar-refractivity contribution is -0.165. The first kappa shape index (κ1) is 23.2. The predicted octanol–water partition coefficient (Wildman–Crippen LogP) is 1.51. The van der Waals surface area contributed by atoms with E-state index in [1.807, 2.05) is 6.07 Å². The first-order valence-electron chi connectivity index (χ1n) is 10.7. The number of piperidine rings is 1. The molecule has 2 fully saturated rings. The van der Waals surface area contributed by atoms with E-state index in [1.54, 1.807) is 0 Å². The van der Waals surface area contributed by atoms with E-state index in [1.165, 1.54) is 49.8 Å². The maximum atomic E-state index is 9.98. The van der Waals surface area contributed by atoms with Crippen LogP contribution in [0.5, 0.6) is 5.75 Å². The number of phenolic OH excluding ortho intramolecular Hbond substituents is 1. The van der Waals surface area contributed by atoms with Crippen molar-refractivity contribution in [2.75, 3.05) is 13.1 Å². The van der Waals surface area contributed by atoms with Gasteiger partial charge in [0, 0.05) is 18.0 Å². The summed E-state index contributed by atoms with van der Waals surface area (Å²) in [5.74, 6) is -2.32. The highest BCUT2D eigenvalue weighted by molar-refractivity contribution is 5.83. The predicted molar refractivity (Wildman–Crippen MR) is 113 cm³/mol. The second-order valence-electron chi connectivity index (χ2n) is 8.72. The number of aliphatic hydroxyl groups excluding tert-OH is 2. The Hall–Kier alpha value is -2.42. The van der Waals surface area contributed by atoms with Crippen molar-refractivity contribution in [1.29, 1.82) is 0 Å². The number of hydrogen-bond donors (Lipinski definition) is 5. The lowest BCUT2D eigenvalue weighted by Gasteiger charge is -2.59. The van der Waals surface area contributed by atoms with Crippen molar-refractivity contribution < 1.29 is 35.1 Å². The van der Waals surface area contributed by atoms with Gasteiger partial charge in [0.25, 0.3) is 0 Å². The van der Waals surface area contributed by atoms with Crippen LogP contribution < -0.4 is 0 Å². The summed E-state index contributed by atoms with van der Waals surface area (Å²) >= 11 is 0. The fourth-order valence-corrected chi connectivity index (χ4v) is 5.74. The summed E-state index contributed by atoms with van der Waals surface area (Å²) in [6, 6.07) is 6.79. The van der Waals surface area contributed by atoms with Gasteiger partial charge < -0.3 is 25.5 Å². The van der Waals surface area contributed by atoms with Crippen molar-refractivity contribution in [3.05, 3.63) is 42.0 Å². The number of likely N-dealkylation sites (tertiary alicyclic amines) is 1. The summed E-state index contributed by atoms with van der Waals surface area (Å²) in [6.07, 6.45) is 5.31. The molecule has 2 aliphatic carbocycles. The lowest BCUT2D eigenvalue weighted by atomic mass is 9.52. The molecule has 1 saturated heterocycles. The van der Waals surface area contributed by atoms with E-state index < -0.39 is 24.1 Å². The average molecular weight is 434 g/mol. The minimum atomic E-state index is -2.27. The Morgan fingerprint density at radius 2 is 1.84 bits per heavy atom. The van der Waals surface area contributed by atoms with Gasteiger partial charge in [-0.3, -0.25) is 4.90 Å². The van der Waals surface area contributed by atoms with Crippen molar-refractivity contribution >= 4 is 11.9 Å². The van der Waals surface area contributed by atoms with Crippen molar-refractivity contribution in [2.45, 2.75) is 62.2 Å². The highest BCUT2D eigenvalue weighted by Crippen LogP contribution is 2.56. The van der Waals surface area contributed by atoms with Crippen LogP contribution in [0, 0.1) is 5.92 Å². The number of aliphatic hydroxyl groups is 2. The molecule has 0 amide bonds. The fourth-order valence-electron chi connectivity index (χ4n) is 5.74. The Labute approximate surface area is 181 Å². The van der Waals surface area contributed by atoms with Gasteiger partial charge in [-0.05, 0) is 61.4 Å². The maximum absolute atomic E-state index is 9.98. The van der Waals surface area contributed by atoms with Gasteiger partial charge in [-0.25, -0.2) is 9.59 Å². The van der Waals surface area contributed by atoms with E-state index in [9.17, 15) is 14.7 Å². The Kier molecular flexibility index (Phi) is 7.03. The van der Waals surface area contributed by atoms with Gasteiger partial charge in [0.2, 0.25) is 0 Å². The summed E-state index contributed by atoms with van der Waals surface area (Å²) in [7, 11) is 0. The summed E-state index contributed by atoms with van der Waals surface area (Å²) in [4.78, 5) is 22.2. The zero-order chi connectivity index (χ0) is 22.8. The number of phenols is 1. The van der Waals surface area contributed by atoms with Gasteiger partial charge in [0.15, 0.2) is 12.2 Å². The third-order valence-electron chi connectivity index (χ3n) is 7.10. The summed E-state index contributed by atoms with van der Waals surface area (Å²) in [5, 5.41) is 42.5. The Balaban J connectivity index is 0.000000233. The smallest absolute Gasteiger partial charge is 0.335 e. The van der Waals surface area contributed by atoms with Gasteiger partial charge in [-0.2, -0.15) is 0 Å². The molecule has 1 aromatic rings. The normalized spacial score (nSPS) is 28.7. The molecule has 2 bridgehead atoms. The van der Waals surface area contributed by atoms with Crippen molar-refractivity contribution in [3.8, 4) is 5.75 Å². The Morgan fingerprint density at radius 1 is 1.16 bits per heavy atom. The van der Waals surface area contributed by atoms with Crippen LogP contribution >= 0.6 is 0 Å². The van der Waals surface area contributed by atoms with Crippen LogP contribution in [0.2, 0.25) is 0 Å². The molecule has 2 unspecified atom stereocenters. The quantitative estimate of drug-likeness (QED) is 0.441. The molecule has 5 atom stereocenters. The van der Waals surface area contributed by atoms with Gasteiger partial charge in [0.1, 0.15) is 5.75 Å². The van der Waals surface area contributed by atoms with E-state index in [0.29, 0.717) is 17.2 Å². The molecule has 0 aromatic heterocycles. The maximum Gasteiger partial charge on any atom is 0.335 e. The molecule has 170 valence electrons. The number of fused-ring (bicyclic) bond motifs is 1. The minimum absolute atomic E-state index is 0.340. The second-order valence-corrected chi connectivity index (χ2v) is 8.72. The lowest BCUT2D eigenvalue weighted by Crippen LogP contribution is -2.60. The number of benzene rings is 1. The standard InChI is InChI=1S/C19H25NO.C4H6O6/c1-2-10-20-11-9-19-8-4-3-5-16(19)18(20)12-14-6-7-15(21)13-17(14)19;5-1(3(7)8)2(6)4(9)10/h2,6-7,13,16,18,21H,1,3-5,8-12H2;1-2,5-6H,(H,7,8)(H,9,10)/t16-,18+,19+;/m0./s1. The number of nitrogens with zero attached hydrogens (tertiary/aromatic N) is 1. The zero-order valence-electron chi connectivity index (χ0n) is 17.5. The molecule has 1 heterocycles. The summed E-state index contributed by atoms with van der Waals surface area (Å²) in [6.45, 7) is 6.15. The van der Waals surface area contributed by atoms with E-state index in [-0.39, 0.29) is 0 Å². The molecule has 0 spiro atoms.